The van der Waals surface area contributed by atoms with Crippen molar-refractivity contribution in [1.29, 1.82) is 0 Å². The standard InChI is InChI=1S/C9H8BrNO3/c1-6(9(12)13)5-14-8-2-7(10)3-11-4-8/h2-4H,1,5H2,(H,12,13). The van der Waals surface area contributed by atoms with Crippen molar-refractivity contribution in [1.82, 2.24) is 4.98 Å². The topological polar surface area (TPSA) is 59.4 Å². The maximum atomic E-state index is 10.4. The number of nitrogens with zero attached hydrogens (tertiary/aromatic N) is 1. The van der Waals surface area contributed by atoms with Gasteiger partial charge in [0, 0.05) is 10.7 Å². The summed E-state index contributed by atoms with van der Waals surface area (Å²) in [6.07, 6.45) is 3.11. The molecule has 0 aliphatic carbocycles. The summed E-state index contributed by atoms with van der Waals surface area (Å²) in [6, 6.07) is 1.70. The van der Waals surface area contributed by atoms with Crippen molar-refractivity contribution in [2.75, 3.05) is 6.61 Å². The zero-order valence-electron chi connectivity index (χ0n) is 7.24. The smallest absolute Gasteiger partial charge is 0.334 e. The molecule has 1 aromatic rings. The van der Waals surface area contributed by atoms with Gasteiger partial charge in [0.1, 0.15) is 12.4 Å². The van der Waals surface area contributed by atoms with Crippen molar-refractivity contribution in [3.8, 4) is 5.75 Å². The Morgan fingerprint density at radius 3 is 2.93 bits per heavy atom. The molecule has 0 amide bonds. The lowest BCUT2D eigenvalue weighted by Crippen LogP contribution is -2.08. The Morgan fingerprint density at radius 1 is 1.64 bits per heavy atom. The van der Waals surface area contributed by atoms with E-state index in [4.69, 9.17) is 9.84 Å². The maximum absolute atomic E-state index is 10.4. The van der Waals surface area contributed by atoms with Crippen LogP contribution >= 0.6 is 15.9 Å². The number of aliphatic carboxylic acids is 1. The number of hydrogen-bond donors (Lipinski definition) is 1. The van der Waals surface area contributed by atoms with Gasteiger partial charge in [0.2, 0.25) is 0 Å². The quantitative estimate of drug-likeness (QED) is 0.837. The summed E-state index contributed by atoms with van der Waals surface area (Å²) in [5.74, 6) is -0.560. The summed E-state index contributed by atoms with van der Waals surface area (Å²) in [5, 5.41) is 8.51. The molecule has 5 heteroatoms. The van der Waals surface area contributed by atoms with Crippen LogP contribution in [0.25, 0.3) is 0 Å². The Hall–Kier alpha value is -1.36. The van der Waals surface area contributed by atoms with Gasteiger partial charge in [-0.3, -0.25) is 4.98 Å². The van der Waals surface area contributed by atoms with Gasteiger partial charge in [0.15, 0.2) is 0 Å². The average Bonchev–Trinajstić information content (AvgIpc) is 2.14. The minimum Gasteiger partial charge on any atom is -0.487 e. The van der Waals surface area contributed by atoms with E-state index in [0.29, 0.717) is 5.75 Å². The van der Waals surface area contributed by atoms with Crippen molar-refractivity contribution in [3.63, 3.8) is 0 Å². The van der Waals surface area contributed by atoms with Crippen LogP contribution in [-0.4, -0.2) is 22.7 Å². The van der Waals surface area contributed by atoms with Crippen LogP contribution in [0.1, 0.15) is 0 Å². The first-order valence-electron chi connectivity index (χ1n) is 3.74. The number of ether oxygens (including phenoxy) is 1. The van der Waals surface area contributed by atoms with Gasteiger partial charge >= 0.3 is 5.97 Å². The molecule has 74 valence electrons. The normalized spacial score (nSPS) is 9.50. The molecule has 0 unspecified atom stereocenters. The fraction of sp³-hybridized carbons (Fsp3) is 0.111. The Labute approximate surface area is 89.4 Å². The Kier molecular flexibility index (Phi) is 3.64. The Balaban J connectivity index is 2.54. The van der Waals surface area contributed by atoms with Crippen LogP contribution in [0.15, 0.2) is 35.1 Å². The molecule has 14 heavy (non-hydrogen) atoms. The van der Waals surface area contributed by atoms with Crippen LogP contribution in [0.4, 0.5) is 0 Å². The van der Waals surface area contributed by atoms with Crippen LogP contribution < -0.4 is 4.74 Å². The van der Waals surface area contributed by atoms with Gasteiger partial charge in [-0.1, -0.05) is 6.58 Å². The third-order valence-electron chi connectivity index (χ3n) is 1.40. The highest BCUT2D eigenvalue weighted by Gasteiger charge is 2.04. The van der Waals surface area contributed by atoms with Gasteiger partial charge in [-0.25, -0.2) is 4.79 Å². The summed E-state index contributed by atoms with van der Waals surface area (Å²) >= 11 is 3.22. The van der Waals surface area contributed by atoms with Gasteiger partial charge in [-0.2, -0.15) is 0 Å². The number of pyridine rings is 1. The van der Waals surface area contributed by atoms with E-state index in [0.717, 1.165) is 4.47 Å². The highest BCUT2D eigenvalue weighted by atomic mass is 79.9. The highest BCUT2D eigenvalue weighted by molar-refractivity contribution is 9.10. The molecular formula is C9H8BrNO3. The number of hydrogen-bond acceptors (Lipinski definition) is 3. The lowest BCUT2D eigenvalue weighted by Gasteiger charge is -2.04. The predicted molar refractivity (Wildman–Crippen MR) is 54.2 cm³/mol. The Morgan fingerprint density at radius 2 is 2.36 bits per heavy atom. The van der Waals surface area contributed by atoms with Crippen LogP contribution in [0.3, 0.4) is 0 Å². The van der Waals surface area contributed by atoms with E-state index >= 15 is 0 Å². The van der Waals surface area contributed by atoms with Crippen LogP contribution in [0.5, 0.6) is 5.75 Å². The van der Waals surface area contributed by atoms with E-state index in [-0.39, 0.29) is 12.2 Å². The monoisotopic (exact) mass is 257 g/mol. The molecule has 0 fully saturated rings. The largest absolute Gasteiger partial charge is 0.487 e. The van der Waals surface area contributed by atoms with E-state index < -0.39 is 5.97 Å². The highest BCUT2D eigenvalue weighted by Crippen LogP contribution is 2.16. The zero-order valence-corrected chi connectivity index (χ0v) is 8.82. The lowest BCUT2D eigenvalue weighted by atomic mass is 10.3. The van der Waals surface area contributed by atoms with Crippen molar-refractivity contribution >= 4 is 21.9 Å². The first-order chi connectivity index (χ1) is 6.59. The molecule has 0 aliphatic rings. The van der Waals surface area contributed by atoms with Gasteiger partial charge in [0.05, 0.1) is 11.8 Å². The first-order valence-corrected chi connectivity index (χ1v) is 4.53. The summed E-state index contributed by atoms with van der Waals surface area (Å²) in [6.45, 7) is 3.29. The third kappa shape index (κ3) is 3.18. The summed E-state index contributed by atoms with van der Waals surface area (Å²) in [5.41, 5.74) is 0.00461. The molecule has 0 saturated heterocycles. The fourth-order valence-electron chi connectivity index (χ4n) is 0.703. The lowest BCUT2D eigenvalue weighted by molar-refractivity contribution is -0.133. The molecule has 0 saturated carbocycles. The maximum Gasteiger partial charge on any atom is 0.334 e. The molecule has 0 atom stereocenters. The second kappa shape index (κ2) is 4.76. The SMILES string of the molecule is C=C(COc1cncc(Br)c1)C(=O)O. The van der Waals surface area contributed by atoms with Crippen molar-refractivity contribution in [2.45, 2.75) is 0 Å². The molecule has 4 nitrogen and oxygen atoms in total. The summed E-state index contributed by atoms with van der Waals surface area (Å²) in [4.78, 5) is 14.2. The second-order valence-electron chi connectivity index (χ2n) is 2.54. The second-order valence-corrected chi connectivity index (χ2v) is 3.45. The molecule has 1 aromatic heterocycles. The van der Waals surface area contributed by atoms with Crippen molar-refractivity contribution < 1.29 is 14.6 Å². The fourth-order valence-corrected chi connectivity index (χ4v) is 1.05. The number of carboxylic acid groups (broad SMARTS) is 1. The molecule has 0 radical (unpaired) electrons. The van der Waals surface area contributed by atoms with Crippen LogP contribution in [0.2, 0.25) is 0 Å². The van der Waals surface area contributed by atoms with Gasteiger partial charge in [-0.15, -0.1) is 0 Å². The average molecular weight is 258 g/mol. The van der Waals surface area contributed by atoms with Gasteiger partial charge in [0.25, 0.3) is 0 Å². The molecule has 1 rings (SSSR count). The van der Waals surface area contributed by atoms with Crippen molar-refractivity contribution in [2.24, 2.45) is 0 Å². The molecule has 0 bridgehead atoms. The first kappa shape index (κ1) is 10.7. The zero-order chi connectivity index (χ0) is 10.6. The van der Waals surface area contributed by atoms with Gasteiger partial charge < -0.3 is 9.84 Å². The van der Waals surface area contributed by atoms with E-state index in [9.17, 15) is 4.79 Å². The van der Waals surface area contributed by atoms with Crippen LogP contribution in [-0.2, 0) is 4.79 Å². The molecule has 1 heterocycles. The van der Waals surface area contributed by atoms with E-state index in [1.807, 2.05) is 0 Å². The van der Waals surface area contributed by atoms with Crippen molar-refractivity contribution in [3.05, 3.63) is 35.1 Å². The minimum atomic E-state index is -1.06. The number of carbonyl (C=O) groups is 1. The summed E-state index contributed by atoms with van der Waals surface area (Å²) < 4.78 is 5.91. The van der Waals surface area contributed by atoms with E-state index in [1.165, 1.54) is 6.20 Å². The van der Waals surface area contributed by atoms with Gasteiger partial charge in [-0.05, 0) is 22.0 Å². The Bertz CT molecular complexity index is 365. The van der Waals surface area contributed by atoms with Crippen LogP contribution in [0, 0.1) is 0 Å². The number of halogens is 1. The minimum absolute atomic E-state index is 0.00461. The molecule has 0 aliphatic heterocycles. The molecule has 1 N–H and O–H groups in total. The predicted octanol–water partition coefficient (Wildman–Crippen LogP) is 1.86. The molecule has 0 aromatic carbocycles. The van der Waals surface area contributed by atoms with E-state index in [2.05, 4.69) is 27.5 Å². The van der Waals surface area contributed by atoms with E-state index in [1.54, 1.807) is 12.3 Å². The number of aromatic nitrogens is 1. The number of carboxylic acids is 1. The third-order valence-corrected chi connectivity index (χ3v) is 1.83. The number of rotatable bonds is 4. The molecule has 0 spiro atoms. The summed E-state index contributed by atoms with van der Waals surface area (Å²) in [7, 11) is 0. The molecular weight excluding hydrogens is 250 g/mol.